The number of aldehydes is 1. The van der Waals surface area contributed by atoms with Gasteiger partial charge in [0.05, 0.1) is 5.57 Å². The molecule has 1 aromatic carbocycles. The molecule has 0 bridgehead atoms. The molecule has 4 nitrogen and oxygen atoms in total. The smallest absolute Gasteiger partial charge is 0.422 e. The number of rotatable bonds is 6. The molecule has 0 spiro atoms. The zero-order valence-corrected chi connectivity index (χ0v) is 14.2. The van der Waals surface area contributed by atoms with Crippen LogP contribution in [0, 0.1) is 6.92 Å². The Morgan fingerprint density at radius 1 is 1.32 bits per heavy atom. The van der Waals surface area contributed by atoms with Crippen molar-refractivity contribution in [3.05, 3.63) is 35.1 Å². The van der Waals surface area contributed by atoms with E-state index in [0.717, 1.165) is 12.8 Å². The lowest BCUT2D eigenvalue weighted by Gasteiger charge is -2.28. The molecule has 25 heavy (non-hydrogen) atoms. The Morgan fingerprint density at radius 2 is 1.96 bits per heavy atom. The lowest BCUT2D eigenvalue weighted by molar-refractivity contribution is -0.153. The predicted octanol–water partition coefficient (Wildman–Crippen LogP) is 4.36. The van der Waals surface area contributed by atoms with Crippen molar-refractivity contribution >= 4 is 11.9 Å². The highest BCUT2D eigenvalue weighted by Gasteiger charge is 2.40. The van der Waals surface area contributed by atoms with Crippen LogP contribution in [-0.2, 0) is 9.53 Å². The van der Waals surface area contributed by atoms with Gasteiger partial charge in [0.2, 0.25) is 0 Å². The van der Waals surface area contributed by atoms with Gasteiger partial charge in [0.15, 0.2) is 12.9 Å². The molecule has 1 aliphatic rings. The zero-order valence-electron chi connectivity index (χ0n) is 14.2. The van der Waals surface area contributed by atoms with Crippen LogP contribution in [0.1, 0.15) is 36.8 Å². The molecule has 0 atom stereocenters. The van der Waals surface area contributed by atoms with Crippen molar-refractivity contribution in [1.82, 2.24) is 0 Å². The van der Waals surface area contributed by atoms with Crippen LogP contribution in [0.15, 0.2) is 24.0 Å². The summed E-state index contributed by atoms with van der Waals surface area (Å²) in [6, 6.07) is 4.27. The minimum atomic E-state index is -4.46. The number of carbonyl (C=O) groups is 1. The Morgan fingerprint density at radius 3 is 2.48 bits per heavy atom. The first-order valence-electron chi connectivity index (χ1n) is 7.97. The molecular formula is C18H21F3O4. The first-order chi connectivity index (χ1) is 11.7. The van der Waals surface area contributed by atoms with Gasteiger partial charge in [-0.25, -0.2) is 0 Å². The predicted molar refractivity (Wildman–Crippen MR) is 86.5 cm³/mol. The summed E-state index contributed by atoms with van der Waals surface area (Å²) in [4.78, 5) is 11.6. The quantitative estimate of drug-likeness (QED) is 0.466. The van der Waals surface area contributed by atoms with E-state index in [1.807, 2.05) is 0 Å². The molecule has 1 saturated carbocycles. The molecule has 0 radical (unpaired) electrons. The van der Waals surface area contributed by atoms with Crippen LogP contribution in [0.2, 0.25) is 0 Å². The average Bonchev–Trinajstić information content (AvgIpc) is 3.05. The Hall–Kier alpha value is -2.02. The molecule has 0 heterocycles. The maximum atomic E-state index is 12.3. The van der Waals surface area contributed by atoms with Crippen LogP contribution in [-0.4, -0.2) is 36.9 Å². The molecular weight excluding hydrogens is 337 g/mol. The van der Waals surface area contributed by atoms with E-state index < -0.39 is 18.4 Å². The van der Waals surface area contributed by atoms with Crippen LogP contribution >= 0.6 is 0 Å². The van der Waals surface area contributed by atoms with E-state index in [4.69, 9.17) is 9.47 Å². The highest BCUT2D eigenvalue weighted by molar-refractivity contribution is 6.08. The normalized spacial score (nSPS) is 18.0. The summed E-state index contributed by atoms with van der Waals surface area (Å²) >= 11 is 0. The van der Waals surface area contributed by atoms with Crippen molar-refractivity contribution in [2.24, 2.45) is 0 Å². The fraction of sp³-hybridized carbons (Fsp3) is 0.500. The number of aliphatic hydroxyl groups excluding tert-OH is 1. The summed E-state index contributed by atoms with van der Waals surface area (Å²) in [6.45, 7) is 0.275. The monoisotopic (exact) mass is 358 g/mol. The Labute approximate surface area is 144 Å². The molecule has 2 rings (SSSR count). The highest BCUT2D eigenvalue weighted by Crippen LogP contribution is 2.41. The number of hydrogen-bond acceptors (Lipinski definition) is 4. The van der Waals surface area contributed by atoms with Gasteiger partial charge in [0.1, 0.15) is 17.1 Å². The number of alkyl halides is 3. The number of ether oxygens (including phenoxy) is 2. The standard InChI is InChI=1S/C18H21F3O4/c1-12-5-6-13(25-11-18(19,20)21)9-14(12)15(10-22)16(23)17(24-2)7-3-4-8-17/h5-6,9-10,23H,3-4,7-8,11H2,1-2H3/b16-15-. The second-order valence-corrected chi connectivity index (χ2v) is 6.17. The van der Waals surface area contributed by atoms with Crippen LogP contribution in [0.4, 0.5) is 13.2 Å². The van der Waals surface area contributed by atoms with Crippen molar-refractivity contribution in [3.63, 3.8) is 0 Å². The van der Waals surface area contributed by atoms with Gasteiger partial charge in [0.25, 0.3) is 0 Å². The van der Waals surface area contributed by atoms with Gasteiger partial charge in [0, 0.05) is 7.11 Å². The first kappa shape index (κ1) is 19.3. The summed E-state index contributed by atoms with van der Waals surface area (Å²) in [5, 5.41) is 10.7. The second kappa shape index (κ2) is 7.47. The van der Waals surface area contributed by atoms with Gasteiger partial charge in [-0.05, 0) is 55.9 Å². The van der Waals surface area contributed by atoms with Crippen molar-refractivity contribution < 1.29 is 32.5 Å². The van der Waals surface area contributed by atoms with E-state index in [-0.39, 0.29) is 17.1 Å². The van der Waals surface area contributed by atoms with Gasteiger partial charge in [-0.3, -0.25) is 4.79 Å². The summed E-state index contributed by atoms with van der Waals surface area (Å²) in [6.07, 6.45) is -1.08. The summed E-state index contributed by atoms with van der Waals surface area (Å²) in [5.74, 6) is -0.207. The molecule has 0 unspecified atom stereocenters. The van der Waals surface area contributed by atoms with E-state index in [2.05, 4.69) is 0 Å². The van der Waals surface area contributed by atoms with Gasteiger partial charge < -0.3 is 14.6 Å². The lowest BCUT2D eigenvalue weighted by atomic mass is 9.91. The van der Waals surface area contributed by atoms with E-state index >= 15 is 0 Å². The van der Waals surface area contributed by atoms with Crippen molar-refractivity contribution in [2.45, 2.75) is 44.4 Å². The largest absolute Gasteiger partial charge is 0.508 e. The van der Waals surface area contributed by atoms with E-state index in [9.17, 15) is 23.1 Å². The molecule has 0 aliphatic heterocycles. The lowest BCUT2D eigenvalue weighted by Crippen LogP contribution is -2.31. The van der Waals surface area contributed by atoms with Gasteiger partial charge in [-0.2, -0.15) is 13.2 Å². The summed E-state index contributed by atoms with van der Waals surface area (Å²) < 4.78 is 47.2. The minimum absolute atomic E-state index is 0.0127. The van der Waals surface area contributed by atoms with Crippen LogP contribution in [0.5, 0.6) is 5.75 Å². The highest BCUT2D eigenvalue weighted by atomic mass is 19.4. The van der Waals surface area contributed by atoms with Crippen LogP contribution < -0.4 is 4.74 Å². The molecule has 0 amide bonds. The number of hydrogen-bond donors (Lipinski definition) is 1. The fourth-order valence-electron chi connectivity index (χ4n) is 3.12. The minimum Gasteiger partial charge on any atom is -0.508 e. The molecule has 1 aliphatic carbocycles. The maximum Gasteiger partial charge on any atom is 0.422 e. The van der Waals surface area contributed by atoms with E-state index in [0.29, 0.717) is 30.3 Å². The van der Waals surface area contributed by atoms with Crippen LogP contribution in [0.3, 0.4) is 0 Å². The zero-order chi connectivity index (χ0) is 18.7. The third-order valence-electron chi connectivity index (χ3n) is 4.51. The Balaban J connectivity index is 2.43. The molecule has 138 valence electrons. The molecule has 1 N–H and O–H groups in total. The van der Waals surface area contributed by atoms with Crippen LogP contribution in [0.25, 0.3) is 5.57 Å². The number of methoxy groups -OCH3 is 1. The third-order valence-corrected chi connectivity index (χ3v) is 4.51. The average molecular weight is 358 g/mol. The number of aryl methyl sites for hydroxylation is 1. The Kier molecular flexibility index (Phi) is 5.77. The number of aliphatic hydroxyl groups is 1. The molecule has 0 saturated heterocycles. The third kappa shape index (κ3) is 4.34. The first-order valence-corrected chi connectivity index (χ1v) is 7.97. The maximum absolute atomic E-state index is 12.3. The number of carbonyl (C=O) groups excluding carboxylic acids is 1. The SMILES string of the molecule is COC1(/C(O)=C(\C=O)c2cc(OCC(F)(F)F)ccc2C)CCCC1. The molecule has 7 heteroatoms. The molecule has 1 aromatic rings. The second-order valence-electron chi connectivity index (χ2n) is 6.17. The molecule has 0 aromatic heterocycles. The number of halogens is 3. The van der Waals surface area contributed by atoms with Gasteiger partial charge >= 0.3 is 6.18 Å². The number of benzene rings is 1. The molecule has 1 fully saturated rings. The van der Waals surface area contributed by atoms with Crippen molar-refractivity contribution in [2.75, 3.05) is 13.7 Å². The Bertz CT molecular complexity index is 659. The van der Waals surface area contributed by atoms with E-state index in [1.165, 1.54) is 19.2 Å². The summed E-state index contributed by atoms with van der Waals surface area (Å²) in [7, 11) is 1.47. The van der Waals surface area contributed by atoms with Gasteiger partial charge in [-0.15, -0.1) is 0 Å². The van der Waals surface area contributed by atoms with E-state index in [1.54, 1.807) is 13.0 Å². The van der Waals surface area contributed by atoms with Gasteiger partial charge in [-0.1, -0.05) is 6.07 Å². The summed E-state index contributed by atoms with van der Waals surface area (Å²) in [5.41, 5.74) is 0.0531. The number of allylic oxidation sites excluding steroid dienone is 1. The topological polar surface area (TPSA) is 55.8 Å². The van der Waals surface area contributed by atoms with Crippen molar-refractivity contribution in [3.8, 4) is 5.75 Å². The fourth-order valence-corrected chi connectivity index (χ4v) is 3.12. The van der Waals surface area contributed by atoms with Crippen molar-refractivity contribution in [1.29, 1.82) is 0 Å².